The second-order valence-corrected chi connectivity index (χ2v) is 7.29. The van der Waals surface area contributed by atoms with E-state index in [1.807, 2.05) is 0 Å². The molecule has 4 atom stereocenters. The molecule has 1 heterocycles. The van der Waals surface area contributed by atoms with Gasteiger partial charge in [-0.15, -0.1) is 0 Å². The normalized spacial score (nSPS) is 41.5. The van der Waals surface area contributed by atoms with Crippen LogP contribution in [0.2, 0.25) is 0 Å². The molecule has 4 unspecified atom stereocenters. The molecule has 17 heavy (non-hydrogen) atoms. The third-order valence-electron chi connectivity index (χ3n) is 3.76. The van der Waals surface area contributed by atoms with E-state index in [2.05, 4.69) is 0 Å². The third-order valence-corrected chi connectivity index (χ3v) is 5.45. The second-order valence-electron chi connectivity index (χ2n) is 5.14. The fourth-order valence-corrected chi connectivity index (χ4v) is 4.45. The predicted octanol–water partition coefficient (Wildman–Crippen LogP) is -0.322. The SMILES string of the molecule is NCC1CCCCC1OC1CS(=O)(=O)CC1O. The van der Waals surface area contributed by atoms with Crippen molar-refractivity contribution in [1.82, 2.24) is 0 Å². The molecule has 0 bridgehead atoms. The number of aliphatic hydroxyl groups is 1. The van der Waals surface area contributed by atoms with Gasteiger partial charge in [-0.1, -0.05) is 12.8 Å². The largest absolute Gasteiger partial charge is 0.389 e. The molecule has 0 aromatic heterocycles. The predicted molar refractivity (Wildman–Crippen MR) is 64.3 cm³/mol. The Morgan fingerprint density at radius 3 is 2.47 bits per heavy atom. The van der Waals surface area contributed by atoms with Gasteiger partial charge >= 0.3 is 0 Å². The first-order valence-corrected chi connectivity index (χ1v) is 8.08. The lowest BCUT2D eigenvalue weighted by Crippen LogP contribution is -2.39. The van der Waals surface area contributed by atoms with Crippen LogP contribution in [-0.2, 0) is 14.6 Å². The molecular formula is C11H21NO4S. The van der Waals surface area contributed by atoms with E-state index in [9.17, 15) is 13.5 Å². The molecule has 6 heteroatoms. The van der Waals surface area contributed by atoms with Crippen LogP contribution >= 0.6 is 0 Å². The molecular weight excluding hydrogens is 242 g/mol. The van der Waals surface area contributed by atoms with Crippen molar-refractivity contribution in [2.24, 2.45) is 11.7 Å². The maximum Gasteiger partial charge on any atom is 0.155 e. The summed E-state index contributed by atoms with van der Waals surface area (Å²) in [5, 5.41) is 9.68. The summed E-state index contributed by atoms with van der Waals surface area (Å²) >= 11 is 0. The summed E-state index contributed by atoms with van der Waals surface area (Å²) in [6.07, 6.45) is 2.80. The van der Waals surface area contributed by atoms with Gasteiger partial charge in [0.2, 0.25) is 0 Å². The van der Waals surface area contributed by atoms with E-state index in [0.717, 1.165) is 25.7 Å². The van der Waals surface area contributed by atoms with E-state index in [0.29, 0.717) is 12.5 Å². The highest BCUT2D eigenvalue weighted by Crippen LogP contribution is 2.29. The number of rotatable bonds is 3. The Morgan fingerprint density at radius 2 is 1.88 bits per heavy atom. The first-order chi connectivity index (χ1) is 8.02. The first-order valence-electron chi connectivity index (χ1n) is 6.26. The Kier molecular flexibility index (Phi) is 4.07. The third kappa shape index (κ3) is 3.19. The van der Waals surface area contributed by atoms with Crippen LogP contribution in [-0.4, -0.2) is 49.9 Å². The maximum absolute atomic E-state index is 11.4. The Hall–Kier alpha value is -0.170. The quantitative estimate of drug-likeness (QED) is 0.728. The molecule has 0 amide bonds. The van der Waals surface area contributed by atoms with Crippen molar-refractivity contribution in [3.05, 3.63) is 0 Å². The minimum Gasteiger partial charge on any atom is -0.389 e. The van der Waals surface area contributed by atoms with Gasteiger partial charge in [-0.05, 0) is 25.3 Å². The molecule has 0 aromatic carbocycles. The van der Waals surface area contributed by atoms with E-state index in [1.54, 1.807) is 0 Å². The van der Waals surface area contributed by atoms with Crippen molar-refractivity contribution >= 4 is 9.84 Å². The second kappa shape index (κ2) is 5.22. The first kappa shape index (κ1) is 13.3. The van der Waals surface area contributed by atoms with E-state index in [4.69, 9.17) is 10.5 Å². The van der Waals surface area contributed by atoms with Crippen molar-refractivity contribution < 1.29 is 18.3 Å². The Bertz CT molecular complexity index is 356. The highest BCUT2D eigenvalue weighted by molar-refractivity contribution is 7.91. The van der Waals surface area contributed by atoms with Gasteiger partial charge in [-0.2, -0.15) is 0 Å². The molecule has 0 radical (unpaired) electrons. The van der Waals surface area contributed by atoms with Gasteiger partial charge < -0.3 is 15.6 Å². The molecule has 3 N–H and O–H groups in total. The number of sulfone groups is 1. The van der Waals surface area contributed by atoms with Crippen LogP contribution < -0.4 is 5.73 Å². The highest BCUT2D eigenvalue weighted by atomic mass is 32.2. The fourth-order valence-electron chi connectivity index (χ4n) is 2.77. The summed E-state index contributed by atoms with van der Waals surface area (Å²) < 4.78 is 28.6. The van der Waals surface area contributed by atoms with Crippen molar-refractivity contribution in [3.8, 4) is 0 Å². The lowest BCUT2D eigenvalue weighted by molar-refractivity contribution is -0.0851. The molecule has 1 aliphatic heterocycles. The molecule has 0 aromatic rings. The van der Waals surface area contributed by atoms with Gasteiger partial charge in [0.05, 0.1) is 29.8 Å². The number of hydrogen-bond donors (Lipinski definition) is 2. The molecule has 1 aliphatic carbocycles. The summed E-state index contributed by atoms with van der Waals surface area (Å²) in [6, 6.07) is 0. The zero-order valence-corrected chi connectivity index (χ0v) is 10.7. The van der Waals surface area contributed by atoms with E-state index in [1.165, 1.54) is 0 Å². The molecule has 0 spiro atoms. The number of aliphatic hydroxyl groups excluding tert-OH is 1. The summed E-state index contributed by atoms with van der Waals surface area (Å²) in [4.78, 5) is 0. The van der Waals surface area contributed by atoms with Crippen molar-refractivity contribution in [2.75, 3.05) is 18.1 Å². The molecule has 2 fully saturated rings. The van der Waals surface area contributed by atoms with Crippen LogP contribution in [0.3, 0.4) is 0 Å². The van der Waals surface area contributed by atoms with Gasteiger partial charge in [0.25, 0.3) is 0 Å². The van der Waals surface area contributed by atoms with Crippen LogP contribution in [0.4, 0.5) is 0 Å². The lowest BCUT2D eigenvalue weighted by atomic mass is 9.86. The average Bonchev–Trinajstić information content (AvgIpc) is 2.52. The van der Waals surface area contributed by atoms with E-state index >= 15 is 0 Å². The monoisotopic (exact) mass is 263 g/mol. The summed E-state index contributed by atoms with van der Waals surface area (Å²) in [7, 11) is -3.13. The van der Waals surface area contributed by atoms with Gasteiger partial charge in [-0.3, -0.25) is 0 Å². The van der Waals surface area contributed by atoms with E-state index < -0.39 is 22.0 Å². The van der Waals surface area contributed by atoms with Gasteiger partial charge in [0, 0.05) is 0 Å². The molecule has 2 rings (SSSR count). The Balaban J connectivity index is 1.96. The molecule has 1 saturated carbocycles. The summed E-state index contributed by atoms with van der Waals surface area (Å²) in [5.74, 6) is 0.0823. The Morgan fingerprint density at radius 1 is 1.18 bits per heavy atom. The van der Waals surface area contributed by atoms with Crippen LogP contribution in [0.5, 0.6) is 0 Å². The van der Waals surface area contributed by atoms with Crippen molar-refractivity contribution in [1.29, 1.82) is 0 Å². The highest BCUT2D eigenvalue weighted by Gasteiger charge is 2.39. The summed E-state index contributed by atoms with van der Waals surface area (Å²) in [6.45, 7) is 0.570. The van der Waals surface area contributed by atoms with Crippen LogP contribution in [0, 0.1) is 5.92 Å². The fraction of sp³-hybridized carbons (Fsp3) is 1.00. The van der Waals surface area contributed by atoms with Crippen LogP contribution in [0.25, 0.3) is 0 Å². The van der Waals surface area contributed by atoms with Gasteiger partial charge in [0.1, 0.15) is 0 Å². The summed E-state index contributed by atoms with van der Waals surface area (Å²) in [5.41, 5.74) is 5.70. The maximum atomic E-state index is 11.4. The van der Waals surface area contributed by atoms with Gasteiger partial charge in [0.15, 0.2) is 9.84 Å². The van der Waals surface area contributed by atoms with Gasteiger partial charge in [-0.25, -0.2) is 8.42 Å². The molecule has 5 nitrogen and oxygen atoms in total. The number of nitrogens with two attached hydrogens (primary N) is 1. The van der Waals surface area contributed by atoms with E-state index in [-0.39, 0.29) is 17.6 Å². The zero-order chi connectivity index (χ0) is 12.5. The van der Waals surface area contributed by atoms with Crippen LogP contribution in [0.1, 0.15) is 25.7 Å². The smallest absolute Gasteiger partial charge is 0.155 e. The minimum atomic E-state index is -3.13. The Labute approximate surface area is 102 Å². The van der Waals surface area contributed by atoms with Crippen LogP contribution in [0.15, 0.2) is 0 Å². The van der Waals surface area contributed by atoms with Crippen molar-refractivity contribution in [2.45, 2.75) is 44.0 Å². The standard InChI is InChI=1S/C11H21NO4S/c12-5-8-3-1-2-4-10(8)16-11-7-17(14,15)6-9(11)13/h8-11,13H,1-7,12H2. The minimum absolute atomic E-state index is 0.0155. The molecule has 100 valence electrons. The van der Waals surface area contributed by atoms with Crippen molar-refractivity contribution in [3.63, 3.8) is 0 Å². The zero-order valence-electron chi connectivity index (χ0n) is 9.92. The topological polar surface area (TPSA) is 89.6 Å². The molecule has 2 aliphatic rings. The average molecular weight is 263 g/mol. The molecule has 1 saturated heterocycles. The number of ether oxygens (including phenoxy) is 1. The number of hydrogen-bond acceptors (Lipinski definition) is 5. The lowest BCUT2D eigenvalue weighted by Gasteiger charge is -2.33.